The predicted octanol–water partition coefficient (Wildman–Crippen LogP) is 4.50. The van der Waals surface area contributed by atoms with Gasteiger partial charge in [0.2, 0.25) is 5.76 Å². The van der Waals surface area contributed by atoms with Crippen LogP contribution in [0.5, 0.6) is 5.75 Å². The Kier molecular flexibility index (Phi) is 4.15. The number of fused-ring (bicyclic) bond motifs is 2. The standard InChI is InChI=1S/C22H15ClN2O5/c1-11-9-17(24-30-11)25-19(12-3-6-14(28-2)7-4-12)18-20(26)15-10-13(23)5-8-16(15)29-21(18)22(25)27/h3-10,19H,1-2H3/t19-/m1/s1. The van der Waals surface area contributed by atoms with Crippen LogP contribution in [0.25, 0.3) is 11.0 Å². The van der Waals surface area contributed by atoms with Gasteiger partial charge in [-0.05, 0) is 42.8 Å². The molecule has 1 amide bonds. The first-order chi connectivity index (χ1) is 14.5. The average Bonchev–Trinajstić information content (AvgIpc) is 3.30. The Balaban J connectivity index is 1.80. The summed E-state index contributed by atoms with van der Waals surface area (Å²) in [6.45, 7) is 1.73. The lowest BCUT2D eigenvalue weighted by Crippen LogP contribution is -2.29. The number of aryl methyl sites for hydroxylation is 1. The number of halogens is 1. The molecule has 4 aromatic rings. The molecule has 0 fully saturated rings. The van der Waals surface area contributed by atoms with Crippen molar-refractivity contribution in [3.8, 4) is 5.75 Å². The first-order valence-corrected chi connectivity index (χ1v) is 9.53. The highest BCUT2D eigenvalue weighted by Crippen LogP contribution is 2.41. The number of nitrogens with zero attached hydrogens (tertiary/aromatic N) is 2. The molecule has 0 saturated carbocycles. The lowest BCUT2D eigenvalue weighted by molar-refractivity contribution is 0.0969. The third kappa shape index (κ3) is 2.70. The fourth-order valence-corrected chi connectivity index (χ4v) is 3.92. The Bertz CT molecular complexity index is 1360. The third-order valence-corrected chi connectivity index (χ3v) is 5.36. The van der Waals surface area contributed by atoms with Crippen molar-refractivity contribution in [3.05, 3.63) is 86.4 Å². The molecule has 0 unspecified atom stereocenters. The van der Waals surface area contributed by atoms with Gasteiger partial charge in [-0.1, -0.05) is 28.9 Å². The van der Waals surface area contributed by atoms with Crippen LogP contribution in [0.3, 0.4) is 0 Å². The van der Waals surface area contributed by atoms with Crippen molar-refractivity contribution in [1.82, 2.24) is 5.16 Å². The van der Waals surface area contributed by atoms with Gasteiger partial charge in [-0.25, -0.2) is 0 Å². The number of hydrogen-bond donors (Lipinski definition) is 0. The number of hydrogen-bond acceptors (Lipinski definition) is 6. The number of amides is 1. The topological polar surface area (TPSA) is 85.8 Å². The number of aromatic nitrogens is 1. The highest BCUT2D eigenvalue weighted by Gasteiger charge is 2.44. The number of anilines is 1. The van der Waals surface area contributed by atoms with E-state index in [1.165, 1.54) is 4.90 Å². The minimum atomic E-state index is -0.734. The molecule has 1 atom stereocenters. The number of carbonyl (C=O) groups is 1. The van der Waals surface area contributed by atoms with Crippen LogP contribution in [-0.2, 0) is 0 Å². The molecule has 0 aliphatic carbocycles. The predicted molar refractivity (Wildman–Crippen MR) is 110 cm³/mol. The van der Waals surface area contributed by atoms with Crippen molar-refractivity contribution in [3.63, 3.8) is 0 Å². The SMILES string of the molecule is COc1ccc([C@@H]2c3c(oc4ccc(Cl)cc4c3=O)C(=O)N2c2cc(C)on2)cc1. The summed E-state index contributed by atoms with van der Waals surface area (Å²) in [6.07, 6.45) is 0. The van der Waals surface area contributed by atoms with Gasteiger partial charge in [-0.15, -0.1) is 0 Å². The van der Waals surface area contributed by atoms with Crippen LogP contribution in [0.15, 0.2) is 62.3 Å². The van der Waals surface area contributed by atoms with Crippen molar-refractivity contribution in [2.24, 2.45) is 0 Å². The number of benzene rings is 2. The molecule has 8 heteroatoms. The van der Waals surface area contributed by atoms with E-state index in [0.29, 0.717) is 38.9 Å². The first kappa shape index (κ1) is 18.4. The Morgan fingerprint density at radius 2 is 1.87 bits per heavy atom. The minimum Gasteiger partial charge on any atom is -0.497 e. The van der Waals surface area contributed by atoms with E-state index in [1.807, 2.05) is 0 Å². The quantitative estimate of drug-likeness (QED) is 0.483. The van der Waals surface area contributed by atoms with Crippen molar-refractivity contribution in [1.29, 1.82) is 0 Å². The maximum absolute atomic E-state index is 13.4. The second-order valence-electron chi connectivity index (χ2n) is 6.96. The van der Waals surface area contributed by atoms with Crippen LogP contribution in [0, 0.1) is 6.92 Å². The molecule has 30 heavy (non-hydrogen) atoms. The second-order valence-corrected chi connectivity index (χ2v) is 7.40. The highest BCUT2D eigenvalue weighted by molar-refractivity contribution is 6.31. The van der Waals surface area contributed by atoms with Gasteiger partial charge < -0.3 is 13.7 Å². The molecule has 2 aromatic heterocycles. The molecule has 1 aliphatic heterocycles. The monoisotopic (exact) mass is 422 g/mol. The van der Waals surface area contributed by atoms with E-state index in [2.05, 4.69) is 5.16 Å². The fourth-order valence-electron chi connectivity index (χ4n) is 3.75. The van der Waals surface area contributed by atoms with Gasteiger partial charge in [0, 0.05) is 11.1 Å². The maximum atomic E-state index is 13.4. The maximum Gasteiger partial charge on any atom is 0.296 e. The zero-order valence-electron chi connectivity index (χ0n) is 16.0. The molecule has 0 radical (unpaired) electrons. The van der Waals surface area contributed by atoms with Crippen LogP contribution < -0.4 is 15.1 Å². The molecule has 150 valence electrons. The third-order valence-electron chi connectivity index (χ3n) is 5.13. The van der Waals surface area contributed by atoms with Gasteiger partial charge in [0.1, 0.15) is 17.1 Å². The Morgan fingerprint density at radius 3 is 2.53 bits per heavy atom. The van der Waals surface area contributed by atoms with Gasteiger partial charge in [0.05, 0.1) is 24.1 Å². The molecule has 0 N–H and O–H groups in total. The molecule has 5 rings (SSSR count). The number of ether oxygens (including phenoxy) is 1. The summed E-state index contributed by atoms with van der Waals surface area (Å²) in [7, 11) is 1.57. The normalized spacial score (nSPS) is 15.6. The summed E-state index contributed by atoms with van der Waals surface area (Å²) in [6, 6.07) is 12.8. The summed E-state index contributed by atoms with van der Waals surface area (Å²) in [5.74, 6) is 1.01. The van der Waals surface area contributed by atoms with Crippen LogP contribution in [0.1, 0.15) is 33.5 Å². The van der Waals surface area contributed by atoms with Crippen molar-refractivity contribution in [2.75, 3.05) is 12.0 Å². The number of methoxy groups -OCH3 is 1. The zero-order chi connectivity index (χ0) is 21.0. The summed E-state index contributed by atoms with van der Waals surface area (Å²) in [5.41, 5.74) is 0.923. The molecule has 0 saturated heterocycles. The Labute approximate surface area is 175 Å². The highest BCUT2D eigenvalue weighted by atomic mass is 35.5. The van der Waals surface area contributed by atoms with Gasteiger partial charge in [-0.2, -0.15) is 0 Å². The van der Waals surface area contributed by atoms with Gasteiger partial charge in [0.25, 0.3) is 5.91 Å². The fraction of sp³-hybridized carbons (Fsp3) is 0.136. The molecule has 7 nitrogen and oxygen atoms in total. The molecule has 3 heterocycles. The Hall–Kier alpha value is -3.58. The minimum absolute atomic E-state index is 0.0173. The van der Waals surface area contributed by atoms with Gasteiger partial charge in [-0.3, -0.25) is 14.5 Å². The molecule has 0 spiro atoms. The largest absolute Gasteiger partial charge is 0.497 e. The van der Waals surface area contributed by atoms with E-state index in [0.717, 1.165) is 0 Å². The molecule has 1 aliphatic rings. The molecular weight excluding hydrogens is 408 g/mol. The summed E-state index contributed by atoms with van der Waals surface area (Å²) in [4.78, 5) is 28.2. The van der Waals surface area contributed by atoms with E-state index < -0.39 is 11.9 Å². The molecule has 2 aromatic carbocycles. The van der Waals surface area contributed by atoms with Crippen LogP contribution in [0.4, 0.5) is 5.82 Å². The van der Waals surface area contributed by atoms with Crippen molar-refractivity contribution < 1.29 is 18.5 Å². The lowest BCUT2D eigenvalue weighted by atomic mass is 9.98. The van der Waals surface area contributed by atoms with Crippen molar-refractivity contribution in [2.45, 2.75) is 13.0 Å². The van der Waals surface area contributed by atoms with Crippen LogP contribution in [-0.4, -0.2) is 18.2 Å². The van der Waals surface area contributed by atoms with E-state index in [-0.39, 0.29) is 16.8 Å². The van der Waals surface area contributed by atoms with Crippen molar-refractivity contribution >= 4 is 34.3 Å². The van der Waals surface area contributed by atoms with Gasteiger partial charge in [0.15, 0.2) is 11.2 Å². The zero-order valence-corrected chi connectivity index (χ0v) is 16.8. The summed E-state index contributed by atoms with van der Waals surface area (Å²) < 4.78 is 16.3. The number of rotatable bonds is 3. The summed E-state index contributed by atoms with van der Waals surface area (Å²) in [5, 5.41) is 4.71. The van der Waals surface area contributed by atoms with Gasteiger partial charge >= 0.3 is 0 Å². The summed E-state index contributed by atoms with van der Waals surface area (Å²) >= 11 is 6.09. The first-order valence-electron chi connectivity index (χ1n) is 9.15. The van der Waals surface area contributed by atoms with E-state index in [4.69, 9.17) is 25.3 Å². The Morgan fingerprint density at radius 1 is 1.10 bits per heavy atom. The molecular formula is C22H15ClN2O5. The molecule has 0 bridgehead atoms. The van der Waals surface area contributed by atoms with E-state index >= 15 is 0 Å². The lowest BCUT2D eigenvalue weighted by Gasteiger charge is -2.22. The average molecular weight is 423 g/mol. The van der Waals surface area contributed by atoms with E-state index in [1.54, 1.807) is 62.6 Å². The van der Waals surface area contributed by atoms with Crippen LogP contribution >= 0.6 is 11.6 Å². The second kappa shape index (κ2) is 6.74. The number of carbonyl (C=O) groups excluding carboxylic acids is 1. The van der Waals surface area contributed by atoms with E-state index in [9.17, 15) is 9.59 Å². The van der Waals surface area contributed by atoms with Crippen LogP contribution in [0.2, 0.25) is 5.02 Å². The smallest absolute Gasteiger partial charge is 0.296 e.